The smallest absolute Gasteiger partial charge is 0.207 e. The van der Waals surface area contributed by atoms with Crippen LogP contribution in [0, 0.1) is 44.5 Å². The first kappa shape index (κ1) is 34.1. The van der Waals surface area contributed by atoms with Crippen molar-refractivity contribution in [3.63, 3.8) is 0 Å². The van der Waals surface area contributed by atoms with E-state index in [-0.39, 0.29) is 54.0 Å². The molecule has 236 valence electrons. The summed E-state index contributed by atoms with van der Waals surface area (Å²) < 4.78 is 84.7. The van der Waals surface area contributed by atoms with Crippen LogP contribution >= 0.6 is 0 Å². The maximum atomic E-state index is 13.6. The van der Waals surface area contributed by atoms with Crippen LogP contribution < -0.4 is 0 Å². The van der Waals surface area contributed by atoms with E-state index >= 15 is 0 Å². The summed E-state index contributed by atoms with van der Waals surface area (Å²) in [6.07, 6.45) is 3.15. The van der Waals surface area contributed by atoms with Crippen molar-refractivity contribution in [1.29, 1.82) is 0 Å². The highest BCUT2D eigenvalue weighted by atomic mass is 32.2. The molecule has 3 aromatic rings. The molecule has 0 saturated heterocycles. The van der Waals surface area contributed by atoms with Gasteiger partial charge in [0.1, 0.15) is 0 Å². The Morgan fingerprint density at radius 1 is 0.422 bits per heavy atom. The highest BCUT2D eigenvalue weighted by molar-refractivity contribution is 7.89. The van der Waals surface area contributed by atoms with Crippen LogP contribution in [0.2, 0.25) is 0 Å². The van der Waals surface area contributed by atoms with Crippen LogP contribution in [0.5, 0.6) is 0 Å². The average molecular weight is 666 g/mol. The van der Waals surface area contributed by atoms with Gasteiger partial charge in [-0.15, -0.1) is 0 Å². The Kier molecular flexibility index (Phi) is 11.0. The third-order valence-electron chi connectivity index (χ3n) is 7.03. The number of hydrogen-bond acceptors (Lipinski definition) is 6. The molecule has 0 amide bonds. The van der Waals surface area contributed by atoms with Gasteiger partial charge in [-0.05, 0) is 57.2 Å². The minimum Gasteiger partial charge on any atom is -0.207 e. The van der Waals surface area contributed by atoms with Crippen molar-refractivity contribution in [3.8, 4) is 23.7 Å². The van der Waals surface area contributed by atoms with E-state index in [1.54, 1.807) is 48.6 Å². The highest BCUT2D eigenvalue weighted by Crippen LogP contribution is 2.19. The molecule has 0 bridgehead atoms. The monoisotopic (exact) mass is 665 g/mol. The molecule has 0 fully saturated rings. The van der Waals surface area contributed by atoms with Gasteiger partial charge in [0, 0.05) is 13.1 Å². The van der Waals surface area contributed by atoms with Crippen molar-refractivity contribution in [2.75, 3.05) is 39.3 Å². The lowest BCUT2D eigenvalue weighted by Crippen LogP contribution is -2.33. The summed E-state index contributed by atoms with van der Waals surface area (Å²) in [5.41, 5.74) is 2.69. The van der Waals surface area contributed by atoms with E-state index in [9.17, 15) is 25.3 Å². The Morgan fingerprint density at radius 3 is 0.956 bits per heavy atom. The lowest BCUT2D eigenvalue weighted by atomic mass is 10.2. The maximum Gasteiger partial charge on any atom is 0.244 e. The van der Waals surface area contributed by atoms with E-state index in [1.807, 2.05) is 20.8 Å². The van der Waals surface area contributed by atoms with Gasteiger partial charge in [0.15, 0.2) is 0 Å². The van der Waals surface area contributed by atoms with E-state index in [0.717, 1.165) is 29.6 Å². The molecule has 3 aromatic carbocycles. The molecule has 0 atom stereocenters. The minimum absolute atomic E-state index is 0.0611. The number of nitrogens with zero attached hydrogens (tertiary/aromatic N) is 3. The summed E-state index contributed by atoms with van der Waals surface area (Å²) in [6.45, 7) is 4.47. The molecule has 0 radical (unpaired) electrons. The first-order valence-corrected chi connectivity index (χ1v) is 18.4. The Balaban J connectivity index is 1.72. The van der Waals surface area contributed by atoms with Crippen LogP contribution in [0.1, 0.15) is 16.7 Å². The Labute approximate surface area is 267 Å². The lowest BCUT2D eigenvalue weighted by molar-refractivity contribution is 0.470. The first-order chi connectivity index (χ1) is 21.3. The largest absolute Gasteiger partial charge is 0.244 e. The SMILES string of the molecule is Cc1ccc(S(=O)(=O)N2CC#CCN(S(=O)(=O)c3ccc(C)cc3)CC=CCN(S(=O)(=O)c3ccc(C)cc3)CC#CC2)cc1. The molecule has 1 aliphatic rings. The minimum atomic E-state index is -4.02. The first-order valence-electron chi connectivity index (χ1n) is 14.1. The molecule has 1 aliphatic heterocycles. The van der Waals surface area contributed by atoms with Gasteiger partial charge in [0.2, 0.25) is 30.1 Å². The molecule has 0 N–H and O–H groups in total. The number of sulfonamides is 3. The zero-order valence-corrected chi connectivity index (χ0v) is 27.8. The molecule has 0 unspecified atom stereocenters. The fourth-order valence-electron chi connectivity index (χ4n) is 4.26. The fraction of sp³-hybridized carbons (Fsp3) is 0.273. The molecule has 0 spiro atoms. The molecule has 4 rings (SSSR count). The zero-order chi connectivity index (χ0) is 32.7. The maximum absolute atomic E-state index is 13.6. The molecule has 0 aromatic heterocycles. The molecular formula is C33H35N3O6S3. The van der Waals surface area contributed by atoms with Crippen LogP contribution in [0.25, 0.3) is 0 Å². The summed E-state index contributed by atoms with van der Waals surface area (Å²) >= 11 is 0. The topological polar surface area (TPSA) is 112 Å². The third-order valence-corrected chi connectivity index (χ3v) is 12.5. The van der Waals surface area contributed by atoms with Crippen LogP contribution in [0.15, 0.2) is 99.6 Å². The van der Waals surface area contributed by atoms with Gasteiger partial charge in [-0.3, -0.25) is 0 Å². The number of aryl methyl sites for hydroxylation is 3. The van der Waals surface area contributed by atoms with Gasteiger partial charge in [-0.25, -0.2) is 25.3 Å². The van der Waals surface area contributed by atoms with Gasteiger partial charge >= 0.3 is 0 Å². The number of benzene rings is 3. The Morgan fingerprint density at radius 2 is 0.667 bits per heavy atom. The van der Waals surface area contributed by atoms with Crippen molar-refractivity contribution in [2.24, 2.45) is 0 Å². The molecular weight excluding hydrogens is 631 g/mol. The molecule has 9 nitrogen and oxygen atoms in total. The van der Waals surface area contributed by atoms with Crippen LogP contribution in [0.3, 0.4) is 0 Å². The number of rotatable bonds is 6. The second-order valence-electron chi connectivity index (χ2n) is 10.5. The van der Waals surface area contributed by atoms with Crippen LogP contribution in [0.4, 0.5) is 0 Å². The highest BCUT2D eigenvalue weighted by Gasteiger charge is 2.26. The van der Waals surface area contributed by atoms with E-state index in [1.165, 1.54) is 36.4 Å². The van der Waals surface area contributed by atoms with Crippen molar-refractivity contribution >= 4 is 30.1 Å². The van der Waals surface area contributed by atoms with E-state index in [4.69, 9.17) is 0 Å². The second-order valence-corrected chi connectivity index (χ2v) is 16.3. The van der Waals surface area contributed by atoms with Crippen molar-refractivity contribution in [3.05, 3.63) is 102 Å². The summed E-state index contributed by atoms with van der Waals surface area (Å²) in [5, 5.41) is 0. The van der Waals surface area contributed by atoms with E-state index in [0.29, 0.717) is 0 Å². The fourth-order valence-corrected chi connectivity index (χ4v) is 8.10. The predicted octanol–water partition coefficient (Wildman–Crippen LogP) is 3.56. The van der Waals surface area contributed by atoms with Gasteiger partial charge in [-0.1, -0.05) is 88.9 Å². The summed E-state index contributed by atoms with van der Waals surface area (Å²) in [6, 6.07) is 19.2. The Hall–Kier alpha value is -3.75. The van der Waals surface area contributed by atoms with Crippen molar-refractivity contribution in [2.45, 2.75) is 35.5 Å². The van der Waals surface area contributed by atoms with E-state index in [2.05, 4.69) is 23.7 Å². The molecule has 0 saturated carbocycles. The molecule has 45 heavy (non-hydrogen) atoms. The molecule has 1 heterocycles. The van der Waals surface area contributed by atoms with Crippen LogP contribution in [-0.2, 0) is 30.1 Å². The molecule has 0 aliphatic carbocycles. The molecule has 12 heteroatoms. The van der Waals surface area contributed by atoms with Gasteiger partial charge < -0.3 is 0 Å². The summed E-state index contributed by atoms with van der Waals surface area (Å²) in [7, 11) is -12.0. The standard InChI is InChI=1S/C33H35N3O6S3/c1-28-10-16-31(17-11-28)43(37,38)34-22-4-6-24-35(44(39,40)32-18-12-29(2)13-19-32)26-8-9-27-36(25-7-5-23-34)45(41,42)33-20-14-30(3)15-21-33/h4,6,10-21H,22-27H2,1-3H3. The number of hydrogen-bond donors (Lipinski definition) is 0. The summed E-state index contributed by atoms with van der Waals surface area (Å²) in [4.78, 5) is 0.231. The van der Waals surface area contributed by atoms with Crippen molar-refractivity contribution in [1.82, 2.24) is 12.9 Å². The summed E-state index contributed by atoms with van der Waals surface area (Å²) in [5.74, 6) is 11.2. The van der Waals surface area contributed by atoms with E-state index < -0.39 is 30.1 Å². The van der Waals surface area contributed by atoms with Gasteiger partial charge in [0.05, 0.1) is 40.9 Å². The zero-order valence-electron chi connectivity index (χ0n) is 25.3. The quantitative estimate of drug-likeness (QED) is 0.294. The van der Waals surface area contributed by atoms with Crippen LogP contribution in [-0.4, -0.2) is 77.4 Å². The predicted molar refractivity (Wildman–Crippen MR) is 175 cm³/mol. The van der Waals surface area contributed by atoms with Gasteiger partial charge in [0.25, 0.3) is 0 Å². The normalized spacial score (nSPS) is 16.4. The lowest BCUT2D eigenvalue weighted by Gasteiger charge is -2.20. The third kappa shape index (κ3) is 8.50. The average Bonchev–Trinajstić information content (AvgIpc) is 3.01. The Bertz CT molecular complexity index is 1870. The second kappa shape index (κ2) is 14.6. The van der Waals surface area contributed by atoms with Crippen molar-refractivity contribution < 1.29 is 25.3 Å². The van der Waals surface area contributed by atoms with Gasteiger partial charge in [-0.2, -0.15) is 12.9 Å².